The summed E-state index contributed by atoms with van der Waals surface area (Å²) in [5.41, 5.74) is 2.42. The molecule has 150 valence electrons. The van der Waals surface area contributed by atoms with E-state index in [0.29, 0.717) is 6.42 Å². The maximum atomic E-state index is 12.7. The Morgan fingerprint density at radius 3 is 2.43 bits per heavy atom. The van der Waals surface area contributed by atoms with Gasteiger partial charge in [-0.25, -0.2) is 0 Å². The monoisotopic (exact) mass is 382 g/mol. The van der Waals surface area contributed by atoms with Gasteiger partial charge >= 0.3 is 0 Å². The van der Waals surface area contributed by atoms with Gasteiger partial charge in [-0.3, -0.25) is 9.69 Å². The molecule has 2 aromatic carbocycles. The van der Waals surface area contributed by atoms with Crippen LogP contribution in [0, 0.1) is 0 Å². The number of ether oxygens (including phenoxy) is 2. The van der Waals surface area contributed by atoms with Gasteiger partial charge in [0.05, 0.1) is 14.2 Å². The molecule has 28 heavy (non-hydrogen) atoms. The van der Waals surface area contributed by atoms with Crippen LogP contribution in [0.25, 0.3) is 0 Å². The average molecular weight is 383 g/mol. The number of rotatable bonds is 7. The average Bonchev–Trinajstić information content (AvgIpc) is 2.98. The zero-order valence-corrected chi connectivity index (χ0v) is 16.9. The first-order valence-corrected chi connectivity index (χ1v) is 9.94. The second-order valence-electron chi connectivity index (χ2n) is 7.21. The second-order valence-corrected chi connectivity index (χ2v) is 7.21. The molecule has 2 aromatic rings. The predicted octanol–water partition coefficient (Wildman–Crippen LogP) is 3.37. The lowest BCUT2D eigenvalue weighted by atomic mass is 10.1. The fraction of sp³-hybridized carbons (Fsp3) is 0.435. The SMILES string of the molecule is COc1ccc(CN2CCCN(C(=O)CCc3cccc(OC)c3)CC2)cc1. The van der Waals surface area contributed by atoms with Crippen LogP contribution in [0.15, 0.2) is 48.5 Å². The van der Waals surface area contributed by atoms with Gasteiger partial charge in [-0.2, -0.15) is 0 Å². The van der Waals surface area contributed by atoms with E-state index in [0.717, 1.165) is 62.6 Å². The van der Waals surface area contributed by atoms with Gasteiger partial charge in [-0.15, -0.1) is 0 Å². The van der Waals surface area contributed by atoms with Crippen LogP contribution in [0.2, 0.25) is 0 Å². The summed E-state index contributed by atoms with van der Waals surface area (Å²) in [6.45, 7) is 4.49. The molecule has 1 aliphatic heterocycles. The maximum Gasteiger partial charge on any atom is 0.222 e. The molecule has 0 saturated carbocycles. The molecule has 0 bridgehead atoms. The summed E-state index contributed by atoms with van der Waals surface area (Å²) < 4.78 is 10.5. The lowest BCUT2D eigenvalue weighted by Crippen LogP contribution is -2.35. The van der Waals surface area contributed by atoms with Crippen LogP contribution in [0.1, 0.15) is 24.0 Å². The zero-order valence-electron chi connectivity index (χ0n) is 16.9. The van der Waals surface area contributed by atoms with Gasteiger partial charge in [-0.05, 0) is 48.2 Å². The third kappa shape index (κ3) is 5.73. The summed E-state index contributed by atoms with van der Waals surface area (Å²) in [7, 11) is 3.35. The van der Waals surface area contributed by atoms with Gasteiger partial charge in [0, 0.05) is 39.1 Å². The van der Waals surface area contributed by atoms with Crippen LogP contribution in [0.3, 0.4) is 0 Å². The van der Waals surface area contributed by atoms with Crippen molar-refractivity contribution in [1.82, 2.24) is 9.80 Å². The van der Waals surface area contributed by atoms with Crippen molar-refractivity contribution < 1.29 is 14.3 Å². The number of benzene rings is 2. The molecule has 5 nitrogen and oxygen atoms in total. The molecule has 0 atom stereocenters. The highest BCUT2D eigenvalue weighted by Crippen LogP contribution is 2.16. The molecule has 3 rings (SSSR count). The van der Waals surface area contributed by atoms with Gasteiger partial charge < -0.3 is 14.4 Å². The van der Waals surface area contributed by atoms with Crippen LogP contribution in [-0.4, -0.2) is 56.1 Å². The lowest BCUT2D eigenvalue weighted by Gasteiger charge is -2.22. The Bertz CT molecular complexity index is 761. The Balaban J connectivity index is 1.47. The van der Waals surface area contributed by atoms with E-state index >= 15 is 0 Å². The number of methoxy groups -OCH3 is 2. The molecule has 1 amide bonds. The van der Waals surface area contributed by atoms with Gasteiger partial charge in [0.15, 0.2) is 0 Å². The van der Waals surface area contributed by atoms with Crippen molar-refractivity contribution in [1.29, 1.82) is 0 Å². The molecule has 1 fully saturated rings. The number of aryl methyl sites for hydroxylation is 1. The van der Waals surface area contributed by atoms with Crippen molar-refractivity contribution in [3.05, 3.63) is 59.7 Å². The standard InChI is InChI=1S/C23H30N2O3/c1-27-21-10-7-20(8-11-21)18-24-13-4-14-25(16-15-24)23(26)12-9-19-5-3-6-22(17-19)28-2/h3,5-8,10-11,17H,4,9,12-16,18H2,1-2H3. The minimum atomic E-state index is 0.245. The quantitative estimate of drug-likeness (QED) is 0.736. The Morgan fingerprint density at radius 2 is 1.68 bits per heavy atom. The highest BCUT2D eigenvalue weighted by Gasteiger charge is 2.19. The van der Waals surface area contributed by atoms with Gasteiger partial charge in [0.25, 0.3) is 0 Å². The lowest BCUT2D eigenvalue weighted by molar-refractivity contribution is -0.131. The molecule has 5 heteroatoms. The van der Waals surface area contributed by atoms with E-state index in [-0.39, 0.29) is 5.91 Å². The summed E-state index contributed by atoms with van der Waals surface area (Å²) in [5, 5.41) is 0. The van der Waals surface area contributed by atoms with Crippen molar-refractivity contribution in [2.45, 2.75) is 25.8 Å². The van der Waals surface area contributed by atoms with Gasteiger partial charge in [0.1, 0.15) is 11.5 Å². The van der Waals surface area contributed by atoms with Crippen molar-refractivity contribution >= 4 is 5.91 Å². The molecule has 1 heterocycles. The second kappa shape index (κ2) is 10.1. The van der Waals surface area contributed by atoms with Crippen molar-refractivity contribution in [3.63, 3.8) is 0 Å². The molecule has 1 saturated heterocycles. The molecule has 1 aliphatic rings. The Hall–Kier alpha value is -2.53. The van der Waals surface area contributed by atoms with E-state index in [1.54, 1.807) is 14.2 Å². The Morgan fingerprint density at radius 1 is 0.893 bits per heavy atom. The first-order valence-electron chi connectivity index (χ1n) is 9.94. The zero-order chi connectivity index (χ0) is 19.8. The molecule has 0 aromatic heterocycles. The first kappa shape index (κ1) is 20.2. The number of hydrogen-bond acceptors (Lipinski definition) is 4. The van der Waals surface area contributed by atoms with Crippen LogP contribution in [0.5, 0.6) is 11.5 Å². The summed E-state index contributed by atoms with van der Waals surface area (Å²) in [6, 6.07) is 16.2. The van der Waals surface area contributed by atoms with Crippen LogP contribution < -0.4 is 9.47 Å². The smallest absolute Gasteiger partial charge is 0.222 e. The fourth-order valence-corrected chi connectivity index (χ4v) is 3.60. The van der Waals surface area contributed by atoms with Crippen molar-refractivity contribution in [2.75, 3.05) is 40.4 Å². The van der Waals surface area contributed by atoms with E-state index in [1.807, 2.05) is 35.2 Å². The highest BCUT2D eigenvalue weighted by atomic mass is 16.5. The third-order valence-corrected chi connectivity index (χ3v) is 5.27. The van der Waals surface area contributed by atoms with Crippen molar-refractivity contribution in [3.8, 4) is 11.5 Å². The summed E-state index contributed by atoms with van der Waals surface area (Å²) in [5.74, 6) is 1.97. The van der Waals surface area contributed by atoms with Crippen LogP contribution in [0.4, 0.5) is 0 Å². The molecule has 0 unspecified atom stereocenters. The number of hydrogen-bond donors (Lipinski definition) is 0. The molecule has 0 N–H and O–H groups in total. The van der Waals surface area contributed by atoms with E-state index in [1.165, 1.54) is 5.56 Å². The van der Waals surface area contributed by atoms with Crippen LogP contribution in [-0.2, 0) is 17.8 Å². The highest BCUT2D eigenvalue weighted by molar-refractivity contribution is 5.76. The summed E-state index contributed by atoms with van der Waals surface area (Å²) >= 11 is 0. The fourth-order valence-electron chi connectivity index (χ4n) is 3.60. The van der Waals surface area contributed by atoms with E-state index < -0.39 is 0 Å². The first-order chi connectivity index (χ1) is 13.7. The number of carbonyl (C=O) groups is 1. The molecule has 0 spiro atoms. The van der Waals surface area contributed by atoms with Crippen molar-refractivity contribution in [2.24, 2.45) is 0 Å². The minimum absolute atomic E-state index is 0.245. The maximum absolute atomic E-state index is 12.7. The largest absolute Gasteiger partial charge is 0.497 e. The summed E-state index contributed by atoms with van der Waals surface area (Å²) in [4.78, 5) is 17.1. The third-order valence-electron chi connectivity index (χ3n) is 5.27. The van der Waals surface area contributed by atoms with E-state index in [9.17, 15) is 4.79 Å². The number of carbonyl (C=O) groups excluding carboxylic acids is 1. The molecule has 0 aliphatic carbocycles. The Labute approximate surface area is 167 Å². The normalized spacial score (nSPS) is 15.1. The Kier molecular flexibility index (Phi) is 7.31. The van der Waals surface area contributed by atoms with Crippen LogP contribution >= 0.6 is 0 Å². The molecular formula is C23H30N2O3. The predicted molar refractivity (Wildman–Crippen MR) is 111 cm³/mol. The van der Waals surface area contributed by atoms with Gasteiger partial charge in [0.2, 0.25) is 5.91 Å². The number of amides is 1. The van der Waals surface area contributed by atoms with E-state index in [4.69, 9.17) is 9.47 Å². The topological polar surface area (TPSA) is 42.0 Å². The molecular weight excluding hydrogens is 352 g/mol. The van der Waals surface area contributed by atoms with E-state index in [2.05, 4.69) is 23.1 Å². The molecule has 0 radical (unpaired) electrons. The number of nitrogens with zero attached hydrogens (tertiary/aromatic N) is 2. The summed E-state index contributed by atoms with van der Waals surface area (Å²) in [6.07, 6.45) is 2.31. The minimum Gasteiger partial charge on any atom is -0.497 e. The van der Waals surface area contributed by atoms with Gasteiger partial charge in [-0.1, -0.05) is 24.3 Å².